The molecule has 4 rings (SSSR count). The molecule has 0 radical (unpaired) electrons. The fourth-order valence-corrected chi connectivity index (χ4v) is 5.93. The minimum Gasteiger partial charge on any atom is -0.354 e. The molecule has 182 valence electrons. The lowest BCUT2D eigenvalue weighted by Crippen LogP contribution is -2.43. The van der Waals surface area contributed by atoms with E-state index in [1.54, 1.807) is 34.9 Å². The number of nitrogens with zero attached hydrogens (tertiary/aromatic N) is 3. The molecule has 1 aliphatic rings. The lowest BCUT2D eigenvalue weighted by molar-refractivity contribution is -0.125. The molecule has 1 fully saturated rings. The van der Waals surface area contributed by atoms with Crippen molar-refractivity contribution in [1.29, 1.82) is 0 Å². The lowest BCUT2D eigenvalue weighted by Gasteiger charge is -2.32. The van der Waals surface area contributed by atoms with Gasteiger partial charge in [-0.05, 0) is 36.8 Å². The van der Waals surface area contributed by atoms with Crippen LogP contribution in [0.1, 0.15) is 32.7 Å². The van der Waals surface area contributed by atoms with E-state index in [4.69, 9.17) is 0 Å². The number of amides is 1. The summed E-state index contributed by atoms with van der Waals surface area (Å²) in [7, 11) is -3.52. The van der Waals surface area contributed by atoms with Gasteiger partial charge in [0.2, 0.25) is 15.9 Å². The molecule has 2 aromatic carbocycles. The fraction of sp³-hybridized carbons (Fsp3) is 0.417. The first kappa shape index (κ1) is 24.3. The minimum absolute atomic E-state index is 0.122. The Kier molecular flexibility index (Phi) is 6.99. The normalized spacial score (nSPS) is 16.7. The maximum Gasteiger partial charge on any atom is 0.243 e. The molecule has 10 heteroatoms. The van der Waals surface area contributed by atoms with Crippen LogP contribution in [0.5, 0.6) is 0 Å². The molecule has 0 bridgehead atoms. The van der Waals surface area contributed by atoms with Crippen LogP contribution in [-0.4, -0.2) is 47.8 Å². The van der Waals surface area contributed by atoms with Gasteiger partial charge in [0.05, 0.1) is 22.3 Å². The molecule has 7 nitrogen and oxygen atoms in total. The van der Waals surface area contributed by atoms with Gasteiger partial charge in [-0.3, -0.25) is 4.79 Å². The predicted molar refractivity (Wildman–Crippen MR) is 124 cm³/mol. The second kappa shape index (κ2) is 9.79. The third-order valence-corrected chi connectivity index (χ3v) is 8.25. The number of hydrogen-bond donors (Lipinski definition) is 1. The Hall–Kier alpha value is -2.85. The SMILES string of the molecule is CC(C)C(C(=O)NCC1CCN(S(=O)(=O)c2ccccc2)CC1)n1cnc2cc(F)c(F)cc21. The quantitative estimate of drug-likeness (QED) is 0.547. The third-order valence-electron chi connectivity index (χ3n) is 6.34. The maximum atomic E-state index is 13.8. The van der Waals surface area contributed by atoms with Crippen LogP contribution in [-0.2, 0) is 14.8 Å². The Labute approximate surface area is 197 Å². The highest BCUT2D eigenvalue weighted by atomic mass is 32.2. The molecule has 0 aliphatic carbocycles. The number of carbonyl (C=O) groups excluding carboxylic acids is 1. The summed E-state index contributed by atoms with van der Waals surface area (Å²) in [5, 5.41) is 2.97. The van der Waals surface area contributed by atoms with Crippen LogP contribution in [0, 0.1) is 23.5 Å². The van der Waals surface area contributed by atoms with Gasteiger partial charge in [-0.15, -0.1) is 0 Å². The number of rotatable bonds is 7. The van der Waals surface area contributed by atoms with E-state index in [-0.39, 0.29) is 28.2 Å². The standard InChI is InChI=1S/C24H28F2N4O3S/c1-16(2)23(30-15-28-21-12-19(25)20(26)13-22(21)30)24(31)27-14-17-8-10-29(11-9-17)34(32,33)18-6-4-3-5-7-18/h3-7,12-13,15-17,23H,8-11,14H2,1-2H3,(H,27,31). The van der Waals surface area contributed by atoms with Crippen LogP contribution in [0.15, 0.2) is 53.7 Å². The number of aromatic nitrogens is 2. The van der Waals surface area contributed by atoms with Crippen LogP contribution in [0.2, 0.25) is 0 Å². The predicted octanol–water partition coefficient (Wildman–Crippen LogP) is 3.73. The molecule has 2 heterocycles. The van der Waals surface area contributed by atoms with Crippen molar-refractivity contribution in [3.05, 3.63) is 60.4 Å². The van der Waals surface area contributed by atoms with Crippen molar-refractivity contribution >= 4 is 27.0 Å². The summed E-state index contributed by atoms with van der Waals surface area (Å²) in [4.78, 5) is 17.5. The van der Waals surface area contributed by atoms with Gasteiger partial charge in [0, 0.05) is 31.8 Å². The maximum absolute atomic E-state index is 13.8. The van der Waals surface area contributed by atoms with E-state index in [9.17, 15) is 22.0 Å². The Morgan fingerprint density at radius 2 is 1.76 bits per heavy atom. The van der Waals surface area contributed by atoms with Gasteiger partial charge in [0.1, 0.15) is 6.04 Å². The van der Waals surface area contributed by atoms with Crippen LogP contribution in [0.3, 0.4) is 0 Å². The first-order valence-corrected chi connectivity index (χ1v) is 12.8. The van der Waals surface area contributed by atoms with Crippen molar-refractivity contribution in [3.8, 4) is 0 Å². The lowest BCUT2D eigenvalue weighted by atomic mass is 9.97. The van der Waals surface area contributed by atoms with E-state index in [0.717, 1.165) is 12.1 Å². The van der Waals surface area contributed by atoms with Gasteiger partial charge in [0.15, 0.2) is 11.6 Å². The van der Waals surface area contributed by atoms with E-state index in [0.29, 0.717) is 38.0 Å². The van der Waals surface area contributed by atoms with Gasteiger partial charge >= 0.3 is 0 Å². The molecule has 1 N–H and O–H groups in total. The number of benzene rings is 2. The minimum atomic E-state index is -3.52. The van der Waals surface area contributed by atoms with Crippen LogP contribution in [0.4, 0.5) is 8.78 Å². The van der Waals surface area contributed by atoms with Crippen molar-refractivity contribution < 1.29 is 22.0 Å². The highest BCUT2D eigenvalue weighted by molar-refractivity contribution is 7.89. The summed E-state index contributed by atoms with van der Waals surface area (Å²) >= 11 is 0. The van der Waals surface area contributed by atoms with Crippen LogP contribution >= 0.6 is 0 Å². The molecule has 0 saturated carbocycles. The van der Waals surface area contributed by atoms with Gasteiger partial charge in [0.25, 0.3) is 0 Å². The highest BCUT2D eigenvalue weighted by Gasteiger charge is 2.31. The van der Waals surface area contributed by atoms with Gasteiger partial charge in [-0.2, -0.15) is 4.31 Å². The molecular weight excluding hydrogens is 462 g/mol. The monoisotopic (exact) mass is 490 g/mol. The zero-order chi connectivity index (χ0) is 24.5. The summed E-state index contributed by atoms with van der Waals surface area (Å²) < 4.78 is 56.1. The average molecular weight is 491 g/mol. The topological polar surface area (TPSA) is 84.3 Å². The molecule has 1 amide bonds. The molecule has 34 heavy (non-hydrogen) atoms. The summed E-state index contributed by atoms with van der Waals surface area (Å²) in [6.45, 7) is 4.95. The fourth-order valence-electron chi connectivity index (χ4n) is 4.44. The molecule has 1 aromatic heterocycles. The summed E-state index contributed by atoms with van der Waals surface area (Å²) in [6, 6.07) is 9.80. The largest absolute Gasteiger partial charge is 0.354 e. The van der Waals surface area contributed by atoms with Crippen molar-refractivity contribution in [2.75, 3.05) is 19.6 Å². The number of hydrogen-bond acceptors (Lipinski definition) is 4. The highest BCUT2D eigenvalue weighted by Crippen LogP contribution is 2.27. The van der Waals surface area contributed by atoms with Gasteiger partial charge in [-0.1, -0.05) is 32.0 Å². The molecule has 1 saturated heterocycles. The van der Waals surface area contributed by atoms with E-state index < -0.39 is 27.7 Å². The number of carbonyl (C=O) groups is 1. The molecule has 1 unspecified atom stereocenters. The van der Waals surface area contributed by atoms with E-state index >= 15 is 0 Å². The smallest absolute Gasteiger partial charge is 0.243 e. The molecular formula is C24H28F2N4O3S. The average Bonchev–Trinajstić information content (AvgIpc) is 3.20. The van der Waals surface area contributed by atoms with Crippen molar-refractivity contribution in [2.24, 2.45) is 11.8 Å². The first-order valence-electron chi connectivity index (χ1n) is 11.3. The van der Waals surface area contributed by atoms with Crippen molar-refractivity contribution in [1.82, 2.24) is 19.2 Å². The number of piperidine rings is 1. The Morgan fingerprint density at radius 1 is 1.12 bits per heavy atom. The Morgan fingerprint density at radius 3 is 2.41 bits per heavy atom. The third kappa shape index (κ3) is 4.83. The number of fused-ring (bicyclic) bond motifs is 1. The zero-order valence-corrected chi connectivity index (χ0v) is 19.9. The molecule has 3 aromatic rings. The molecule has 1 aliphatic heterocycles. The number of halogens is 2. The van der Waals surface area contributed by atoms with Gasteiger partial charge < -0.3 is 9.88 Å². The zero-order valence-electron chi connectivity index (χ0n) is 19.1. The second-order valence-electron chi connectivity index (χ2n) is 9.00. The summed E-state index contributed by atoms with van der Waals surface area (Å²) in [6.07, 6.45) is 2.70. The number of nitrogens with one attached hydrogen (secondary N) is 1. The van der Waals surface area contributed by atoms with Crippen LogP contribution < -0.4 is 5.32 Å². The van der Waals surface area contributed by atoms with E-state index in [1.807, 2.05) is 13.8 Å². The van der Waals surface area contributed by atoms with Crippen LogP contribution in [0.25, 0.3) is 11.0 Å². The van der Waals surface area contributed by atoms with Gasteiger partial charge in [-0.25, -0.2) is 22.2 Å². The molecule has 0 spiro atoms. The van der Waals surface area contributed by atoms with E-state index in [2.05, 4.69) is 10.3 Å². The second-order valence-corrected chi connectivity index (χ2v) is 10.9. The number of imidazole rings is 1. The van der Waals surface area contributed by atoms with E-state index in [1.165, 1.54) is 10.6 Å². The van der Waals surface area contributed by atoms with Crippen molar-refractivity contribution in [2.45, 2.75) is 37.6 Å². The Balaban J connectivity index is 1.39. The number of sulfonamides is 1. The molecule has 1 atom stereocenters. The first-order chi connectivity index (χ1) is 16.2. The Bertz CT molecular complexity index is 1270. The summed E-state index contributed by atoms with van der Waals surface area (Å²) in [5.41, 5.74) is 0.636. The summed E-state index contributed by atoms with van der Waals surface area (Å²) in [5.74, 6) is -2.19. The van der Waals surface area contributed by atoms with Crippen molar-refractivity contribution in [3.63, 3.8) is 0 Å².